The number of sulfonamides is 1. The molecule has 1 aromatic carbocycles. The number of amides is 1. The van der Waals surface area contributed by atoms with Crippen LogP contribution < -0.4 is 10.5 Å². The van der Waals surface area contributed by atoms with Crippen molar-refractivity contribution < 1.29 is 17.6 Å². The number of hydrogen-bond acceptors (Lipinski definition) is 3. The summed E-state index contributed by atoms with van der Waals surface area (Å²) >= 11 is 0. The molecule has 1 aromatic rings. The Labute approximate surface area is 116 Å². The molecule has 7 heteroatoms. The van der Waals surface area contributed by atoms with Crippen LogP contribution in [0.2, 0.25) is 0 Å². The molecule has 3 rings (SSSR count). The zero-order valence-electron chi connectivity index (χ0n) is 10.7. The summed E-state index contributed by atoms with van der Waals surface area (Å²) in [5.74, 6) is -0.123. The Hall–Kier alpha value is -1.47. The number of hydrogen-bond donors (Lipinski definition) is 2. The highest BCUT2D eigenvalue weighted by Gasteiger charge is 2.56. The summed E-state index contributed by atoms with van der Waals surface area (Å²) in [6.07, 6.45) is 3.24. The summed E-state index contributed by atoms with van der Waals surface area (Å²) in [7, 11) is -3.92. The predicted molar refractivity (Wildman–Crippen MR) is 70.7 cm³/mol. The van der Waals surface area contributed by atoms with Crippen molar-refractivity contribution in [2.75, 3.05) is 5.32 Å². The van der Waals surface area contributed by atoms with Crippen LogP contribution in [0.1, 0.15) is 19.3 Å². The van der Waals surface area contributed by atoms with E-state index in [1.54, 1.807) is 0 Å². The zero-order chi connectivity index (χ0) is 14.5. The summed E-state index contributed by atoms with van der Waals surface area (Å²) < 4.78 is 36.1. The molecular formula is C13H15FN2O3S. The highest BCUT2D eigenvalue weighted by molar-refractivity contribution is 7.89. The van der Waals surface area contributed by atoms with Crippen molar-refractivity contribution in [3.8, 4) is 0 Å². The lowest BCUT2D eigenvalue weighted by molar-refractivity contribution is -0.118. The molecule has 20 heavy (non-hydrogen) atoms. The fourth-order valence-electron chi connectivity index (χ4n) is 3.20. The van der Waals surface area contributed by atoms with E-state index in [1.807, 2.05) is 0 Å². The van der Waals surface area contributed by atoms with Crippen LogP contribution in [-0.4, -0.2) is 14.3 Å². The van der Waals surface area contributed by atoms with Crippen LogP contribution in [0, 0.1) is 23.6 Å². The van der Waals surface area contributed by atoms with Crippen LogP contribution in [0.15, 0.2) is 23.1 Å². The smallest absolute Gasteiger partial charge is 0.238 e. The van der Waals surface area contributed by atoms with Crippen molar-refractivity contribution in [3.63, 3.8) is 0 Å². The number of carbonyl (C=O) groups excluding carboxylic acids is 1. The maximum atomic E-state index is 13.6. The van der Waals surface area contributed by atoms with E-state index in [1.165, 1.54) is 0 Å². The number of halogens is 1. The summed E-state index contributed by atoms with van der Waals surface area (Å²) in [5.41, 5.74) is -0.133. The normalized spacial score (nSPS) is 28.0. The van der Waals surface area contributed by atoms with Gasteiger partial charge in [-0.1, -0.05) is 6.42 Å². The van der Waals surface area contributed by atoms with E-state index in [-0.39, 0.29) is 22.4 Å². The molecule has 0 bridgehead atoms. The van der Waals surface area contributed by atoms with Gasteiger partial charge in [0, 0.05) is 5.92 Å². The summed E-state index contributed by atoms with van der Waals surface area (Å²) in [5, 5.41) is 7.47. The van der Waals surface area contributed by atoms with Crippen LogP contribution in [0.3, 0.4) is 0 Å². The molecule has 2 atom stereocenters. The largest absolute Gasteiger partial charge is 0.323 e. The molecule has 0 aliphatic heterocycles. The van der Waals surface area contributed by atoms with Gasteiger partial charge >= 0.3 is 0 Å². The molecule has 0 aromatic heterocycles. The van der Waals surface area contributed by atoms with Gasteiger partial charge in [-0.2, -0.15) is 0 Å². The molecule has 2 aliphatic carbocycles. The first-order valence-corrected chi connectivity index (χ1v) is 8.06. The number of anilines is 1. The summed E-state index contributed by atoms with van der Waals surface area (Å²) in [6, 6.07) is 3.12. The maximum absolute atomic E-state index is 13.6. The summed E-state index contributed by atoms with van der Waals surface area (Å²) in [4.78, 5) is 11.8. The highest BCUT2D eigenvalue weighted by atomic mass is 32.2. The van der Waals surface area contributed by atoms with Gasteiger partial charge in [0.1, 0.15) is 5.82 Å². The number of primary sulfonamides is 1. The van der Waals surface area contributed by atoms with E-state index in [4.69, 9.17) is 5.14 Å². The van der Waals surface area contributed by atoms with Crippen molar-refractivity contribution in [2.45, 2.75) is 24.2 Å². The zero-order valence-corrected chi connectivity index (χ0v) is 11.5. The summed E-state index contributed by atoms with van der Waals surface area (Å²) in [6.45, 7) is 0. The second kappa shape index (κ2) is 4.53. The highest BCUT2D eigenvalue weighted by Crippen LogP contribution is 2.57. The third kappa shape index (κ3) is 2.31. The van der Waals surface area contributed by atoms with E-state index < -0.39 is 15.8 Å². The quantitative estimate of drug-likeness (QED) is 0.885. The standard InChI is InChI=1S/C13H15FN2O3S/c14-10-5-4-7(20(15,18)19)6-11(10)16-13(17)12-8-2-1-3-9(8)12/h4-6,8-9,12H,1-3H2,(H,16,17)(H2,15,18,19). The van der Waals surface area contributed by atoms with E-state index in [0.717, 1.165) is 37.5 Å². The van der Waals surface area contributed by atoms with E-state index in [9.17, 15) is 17.6 Å². The number of nitrogens with one attached hydrogen (secondary N) is 1. The van der Waals surface area contributed by atoms with E-state index >= 15 is 0 Å². The van der Waals surface area contributed by atoms with Gasteiger partial charge in [0.05, 0.1) is 10.6 Å². The molecule has 0 heterocycles. The number of carbonyl (C=O) groups is 1. The predicted octanol–water partition coefficient (Wildman–Crippen LogP) is 1.46. The Morgan fingerprint density at radius 1 is 1.30 bits per heavy atom. The number of benzene rings is 1. The third-order valence-electron chi connectivity index (χ3n) is 4.23. The molecule has 2 unspecified atom stereocenters. The van der Waals surface area contributed by atoms with Crippen molar-refractivity contribution in [1.29, 1.82) is 0 Å². The molecule has 1 amide bonds. The number of rotatable bonds is 3. The Kier molecular flexibility index (Phi) is 3.06. The second-order valence-electron chi connectivity index (χ2n) is 5.46. The van der Waals surface area contributed by atoms with Gasteiger partial charge in [-0.25, -0.2) is 17.9 Å². The van der Waals surface area contributed by atoms with Gasteiger partial charge in [0.25, 0.3) is 0 Å². The van der Waals surface area contributed by atoms with Gasteiger partial charge < -0.3 is 5.32 Å². The fraction of sp³-hybridized carbons (Fsp3) is 0.462. The molecule has 3 N–H and O–H groups in total. The molecule has 5 nitrogen and oxygen atoms in total. The molecule has 2 saturated carbocycles. The van der Waals surface area contributed by atoms with Crippen molar-refractivity contribution in [1.82, 2.24) is 0 Å². The Balaban J connectivity index is 1.79. The van der Waals surface area contributed by atoms with Crippen LogP contribution in [-0.2, 0) is 14.8 Å². The van der Waals surface area contributed by atoms with Crippen molar-refractivity contribution >= 4 is 21.6 Å². The molecular weight excluding hydrogens is 283 g/mol. The van der Waals surface area contributed by atoms with E-state index in [0.29, 0.717) is 11.8 Å². The topological polar surface area (TPSA) is 89.3 Å². The SMILES string of the molecule is NS(=O)(=O)c1ccc(F)c(NC(=O)C2C3CCCC32)c1. The van der Waals surface area contributed by atoms with Crippen LogP contribution in [0.4, 0.5) is 10.1 Å². The van der Waals surface area contributed by atoms with Crippen molar-refractivity contribution in [2.24, 2.45) is 22.9 Å². The molecule has 0 radical (unpaired) electrons. The minimum Gasteiger partial charge on any atom is -0.323 e. The molecule has 108 valence electrons. The Morgan fingerprint density at radius 2 is 1.95 bits per heavy atom. The first-order valence-electron chi connectivity index (χ1n) is 6.51. The molecule has 0 saturated heterocycles. The third-order valence-corrected chi connectivity index (χ3v) is 5.14. The van der Waals surface area contributed by atoms with Gasteiger partial charge in [-0.15, -0.1) is 0 Å². The molecule has 2 fully saturated rings. The minimum absolute atomic E-state index is 0.0544. The van der Waals surface area contributed by atoms with Crippen LogP contribution in [0.25, 0.3) is 0 Å². The molecule has 2 aliphatic rings. The first-order chi connectivity index (χ1) is 9.38. The number of nitrogens with two attached hydrogens (primary N) is 1. The lowest BCUT2D eigenvalue weighted by Gasteiger charge is -2.09. The Morgan fingerprint density at radius 3 is 2.55 bits per heavy atom. The average Bonchev–Trinajstić information content (AvgIpc) is 2.85. The van der Waals surface area contributed by atoms with Crippen LogP contribution in [0.5, 0.6) is 0 Å². The van der Waals surface area contributed by atoms with Gasteiger partial charge in [0.15, 0.2) is 0 Å². The fourth-order valence-corrected chi connectivity index (χ4v) is 3.74. The van der Waals surface area contributed by atoms with E-state index in [2.05, 4.69) is 5.32 Å². The second-order valence-corrected chi connectivity index (χ2v) is 7.02. The van der Waals surface area contributed by atoms with Crippen LogP contribution >= 0.6 is 0 Å². The molecule has 0 spiro atoms. The van der Waals surface area contributed by atoms with Crippen molar-refractivity contribution in [3.05, 3.63) is 24.0 Å². The van der Waals surface area contributed by atoms with Gasteiger partial charge in [0.2, 0.25) is 15.9 Å². The Bertz CT molecular complexity index is 664. The lowest BCUT2D eigenvalue weighted by atomic mass is 10.1. The van der Waals surface area contributed by atoms with Gasteiger partial charge in [-0.05, 0) is 42.9 Å². The first kappa shape index (κ1) is 13.5. The minimum atomic E-state index is -3.92. The lowest BCUT2D eigenvalue weighted by Crippen LogP contribution is -2.18. The monoisotopic (exact) mass is 298 g/mol. The number of fused-ring (bicyclic) bond motifs is 1. The average molecular weight is 298 g/mol. The maximum Gasteiger partial charge on any atom is 0.238 e. The van der Waals surface area contributed by atoms with Gasteiger partial charge in [-0.3, -0.25) is 4.79 Å².